The summed E-state index contributed by atoms with van der Waals surface area (Å²) in [5, 5.41) is 0.642. The predicted molar refractivity (Wildman–Crippen MR) is 83.9 cm³/mol. The molecule has 1 saturated heterocycles. The molecule has 1 amide bonds. The van der Waals surface area contributed by atoms with Crippen LogP contribution in [0.2, 0.25) is 5.02 Å². The molecular formula is C15H22ClN3O2. The number of hydrogen-bond acceptors (Lipinski definition) is 4. The Hall–Kier alpha value is -1.49. The third-order valence-electron chi connectivity index (χ3n) is 3.24. The van der Waals surface area contributed by atoms with Crippen molar-refractivity contribution in [3.63, 3.8) is 0 Å². The topological polar surface area (TPSA) is 45.7 Å². The zero-order valence-electron chi connectivity index (χ0n) is 12.8. The van der Waals surface area contributed by atoms with E-state index in [0.717, 1.165) is 25.2 Å². The monoisotopic (exact) mass is 311 g/mol. The Kier molecular flexibility index (Phi) is 4.93. The van der Waals surface area contributed by atoms with Gasteiger partial charge >= 0.3 is 6.09 Å². The second-order valence-corrected chi connectivity index (χ2v) is 6.54. The summed E-state index contributed by atoms with van der Waals surface area (Å²) in [6, 6.07) is 1.91. The van der Waals surface area contributed by atoms with Crippen LogP contribution in [0.25, 0.3) is 0 Å². The Morgan fingerprint density at radius 2 is 2.05 bits per heavy atom. The van der Waals surface area contributed by atoms with Gasteiger partial charge in [0.2, 0.25) is 0 Å². The van der Waals surface area contributed by atoms with Gasteiger partial charge in [-0.2, -0.15) is 0 Å². The molecule has 1 aliphatic rings. The maximum Gasteiger partial charge on any atom is 0.410 e. The molecule has 0 saturated carbocycles. The minimum Gasteiger partial charge on any atom is -0.444 e. The highest BCUT2D eigenvalue weighted by atomic mass is 35.5. The van der Waals surface area contributed by atoms with Crippen LogP contribution in [0.3, 0.4) is 0 Å². The van der Waals surface area contributed by atoms with Crippen molar-refractivity contribution in [3.8, 4) is 0 Å². The van der Waals surface area contributed by atoms with Gasteiger partial charge in [0.15, 0.2) is 0 Å². The molecule has 0 N–H and O–H groups in total. The number of amides is 1. The number of carbonyl (C=O) groups excluding carboxylic acids is 1. The average molecular weight is 312 g/mol. The van der Waals surface area contributed by atoms with E-state index < -0.39 is 5.60 Å². The molecule has 0 radical (unpaired) electrons. The molecule has 5 nitrogen and oxygen atoms in total. The summed E-state index contributed by atoms with van der Waals surface area (Å²) in [4.78, 5) is 20.1. The molecular weight excluding hydrogens is 290 g/mol. The predicted octanol–water partition coefficient (Wildman–Crippen LogP) is 3.18. The van der Waals surface area contributed by atoms with Crippen LogP contribution in [-0.2, 0) is 4.74 Å². The molecule has 0 aliphatic carbocycles. The van der Waals surface area contributed by atoms with Crippen LogP contribution >= 0.6 is 11.6 Å². The second kappa shape index (κ2) is 6.52. The summed E-state index contributed by atoms with van der Waals surface area (Å²) in [5.41, 5.74) is 0.509. The second-order valence-electron chi connectivity index (χ2n) is 6.14. The Bertz CT molecular complexity index is 502. The van der Waals surface area contributed by atoms with Crippen molar-refractivity contribution in [2.45, 2.75) is 32.8 Å². The first-order valence-corrected chi connectivity index (χ1v) is 7.57. The van der Waals surface area contributed by atoms with Gasteiger partial charge < -0.3 is 14.5 Å². The first-order chi connectivity index (χ1) is 9.87. The van der Waals surface area contributed by atoms with Crippen molar-refractivity contribution in [2.75, 3.05) is 31.1 Å². The Morgan fingerprint density at radius 3 is 2.71 bits per heavy atom. The molecule has 6 heteroatoms. The molecule has 0 aromatic carbocycles. The van der Waals surface area contributed by atoms with E-state index in [4.69, 9.17) is 16.3 Å². The minimum atomic E-state index is -0.461. The van der Waals surface area contributed by atoms with Gasteiger partial charge in [0.25, 0.3) is 0 Å². The summed E-state index contributed by atoms with van der Waals surface area (Å²) >= 11 is 6.19. The SMILES string of the molecule is CC(C)(C)OC(=O)N1CCCN(c2ccncc2Cl)CC1. The molecule has 0 bridgehead atoms. The van der Waals surface area contributed by atoms with Crippen LogP contribution < -0.4 is 4.90 Å². The van der Waals surface area contributed by atoms with E-state index in [2.05, 4.69) is 9.88 Å². The third-order valence-corrected chi connectivity index (χ3v) is 3.53. The molecule has 1 aromatic heterocycles. The van der Waals surface area contributed by atoms with Gasteiger partial charge in [0.05, 0.1) is 10.7 Å². The molecule has 1 aromatic rings. The molecule has 0 atom stereocenters. The quantitative estimate of drug-likeness (QED) is 0.799. The third kappa shape index (κ3) is 4.49. The minimum absolute atomic E-state index is 0.245. The van der Waals surface area contributed by atoms with E-state index in [9.17, 15) is 4.79 Å². The van der Waals surface area contributed by atoms with Crippen LogP contribution in [0.15, 0.2) is 18.5 Å². The van der Waals surface area contributed by atoms with Gasteiger partial charge in [0, 0.05) is 38.6 Å². The maximum atomic E-state index is 12.1. The van der Waals surface area contributed by atoms with Crippen molar-refractivity contribution in [3.05, 3.63) is 23.5 Å². The summed E-state index contributed by atoms with van der Waals surface area (Å²) in [6.07, 6.45) is 4.02. The molecule has 1 aliphatic heterocycles. The Labute approximate surface area is 130 Å². The maximum absolute atomic E-state index is 12.1. The van der Waals surface area contributed by atoms with Crippen LogP contribution in [-0.4, -0.2) is 47.8 Å². The number of aromatic nitrogens is 1. The fourth-order valence-corrected chi connectivity index (χ4v) is 2.53. The van der Waals surface area contributed by atoms with Gasteiger partial charge in [-0.05, 0) is 33.3 Å². The summed E-state index contributed by atoms with van der Waals surface area (Å²) in [7, 11) is 0. The smallest absolute Gasteiger partial charge is 0.410 e. The molecule has 2 rings (SSSR count). The number of anilines is 1. The first-order valence-electron chi connectivity index (χ1n) is 7.19. The number of halogens is 1. The van der Waals surface area contributed by atoms with E-state index in [-0.39, 0.29) is 6.09 Å². The largest absolute Gasteiger partial charge is 0.444 e. The van der Waals surface area contributed by atoms with E-state index in [1.807, 2.05) is 26.8 Å². The van der Waals surface area contributed by atoms with Gasteiger partial charge in [-0.15, -0.1) is 0 Å². The lowest BCUT2D eigenvalue weighted by molar-refractivity contribution is 0.0263. The van der Waals surface area contributed by atoms with E-state index in [1.165, 1.54) is 0 Å². The Morgan fingerprint density at radius 1 is 1.29 bits per heavy atom. The van der Waals surface area contributed by atoms with Crippen LogP contribution in [0.5, 0.6) is 0 Å². The molecule has 116 valence electrons. The van der Waals surface area contributed by atoms with Gasteiger partial charge in [0.1, 0.15) is 5.60 Å². The lowest BCUT2D eigenvalue weighted by Crippen LogP contribution is -2.39. The molecule has 2 heterocycles. The molecule has 21 heavy (non-hydrogen) atoms. The molecule has 0 spiro atoms. The number of pyridine rings is 1. The zero-order chi connectivity index (χ0) is 15.5. The van der Waals surface area contributed by atoms with E-state index in [1.54, 1.807) is 17.3 Å². The van der Waals surface area contributed by atoms with Crippen LogP contribution in [0.1, 0.15) is 27.2 Å². The highest BCUT2D eigenvalue weighted by molar-refractivity contribution is 6.33. The lowest BCUT2D eigenvalue weighted by Gasteiger charge is -2.27. The highest BCUT2D eigenvalue weighted by Gasteiger charge is 2.24. The van der Waals surface area contributed by atoms with Crippen LogP contribution in [0.4, 0.5) is 10.5 Å². The fraction of sp³-hybridized carbons (Fsp3) is 0.600. The zero-order valence-corrected chi connectivity index (χ0v) is 13.6. The average Bonchev–Trinajstić information content (AvgIpc) is 2.63. The van der Waals surface area contributed by atoms with Crippen molar-refractivity contribution in [1.29, 1.82) is 0 Å². The summed E-state index contributed by atoms with van der Waals surface area (Å²) in [5.74, 6) is 0. The van der Waals surface area contributed by atoms with Crippen molar-refractivity contribution in [2.24, 2.45) is 0 Å². The standard InChI is InChI=1S/C15H22ClN3O2/c1-15(2,3)21-14(20)19-8-4-7-18(9-10-19)13-5-6-17-11-12(13)16/h5-6,11H,4,7-10H2,1-3H3. The number of nitrogens with zero attached hydrogens (tertiary/aromatic N) is 3. The van der Waals surface area contributed by atoms with Crippen molar-refractivity contribution in [1.82, 2.24) is 9.88 Å². The fourth-order valence-electron chi connectivity index (χ4n) is 2.29. The normalized spacial score (nSPS) is 16.6. The highest BCUT2D eigenvalue weighted by Crippen LogP contribution is 2.25. The number of rotatable bonds is 1. The summed E-state index contributed by atoms with van der Waals surface area (Å²) < 4.78 is 5.43. The Balaban J connectivity index is 1.99. The van der Waals surface area contributed by atoms with E-state index >= 15 is 0 Å². The number of ether oxygens (including phenoxy) is 1. The number of hydrogen-bond donors (Lipinski definition) is 0. The van der Waals surface area contributed by atoms with E-state index in [0.29, 0.717) is 18.1 Å². The number of carbonyl (C=O) groups is 1. The molecule has 0 unspecified atom stereocenters. The molecule has 1 fully saturated rings. The van der Waals surface area contributed by atoms with Gasteiger partial charge in [-0.3, -0.25) is 4.98 Å². The first kappa shape index (κ1) is 15.9. The van der Waals surface area contributed by atoms with Gasteiger partial charge in [-0.1, -0.05) is 11.6 Å². The summed E-state index contributed by atoms with van der Waals surface area (Å²) in [6.45, 7) is 8.58. The van der Waals surface area contributed by atoms with Crippen molar-refractivity contribution < 1.29 is 9.53 Å². The van der Waals surface area contributed by atoms with Crippen molar-refractivity contribution >= 4 is 23.4 Å². The van der Waals surface area contributed by atoms with Gasteiger partial charge in [-0.25, -0.2) is 4.79 Å². The van der Waals surface area contributed by atoms with Crippen LogP contribution in [0, 0.1) is 0 Å². The lowest BCUT2D eigenvalue weighted by atomic mass is 10.2.